The van der Waals surface area contributed by atoms with E-state index in [2.05, 4.69) is 15.2 Å². The van der Waals surface area contributed by atoms with Gasteiger partial charge in [-0.15, -0.1) is 0 Å². The molecule has 3 aromatic rings. The van der Waals surface area contributed by atoms with E-state index in [1.807, 2.05) is 43.0 Å². The molecule has 1 N–H and O–H groups in total. The molecule has 0 radical (unpaired) electrons. The predicted octanol–water partition coefficient (Wildman–Crippen LogP) is 5.62. The number of halogens is 3. The molecule has 0 unspecified atom stereocenters. The molecule has 1 saturated heterocycles. The number of aromatic nitrogens is 2. The summed E-state index contributed by atoms with van der Waals surface area (Å²) in [5, 5.41) is 3.68. The smallest absolute Gasteiger partial charge is 0.368 e. The summed E-state index contributed by atoms with van der Waals surface area (Å²) >= 11 is 1.54. The predicted molar refractivity (Wildman–Crippen MR) is 144 cm³/mol. The maximum atomic E-state index is 13.1. The van der Waals surface area contributed by atoms with Crippen molar-refractivity contribution in [2.45, 2.75) is 49.8 Å². The van der Waals surface area contributed by atoms with Crippen LogP contribution in [0.1, 0.15) is 45.6 Å². The van der Waals surface area contributed by atoms with E-state index < -0.39 is 11.7 Å². The first kappa shape index (κ1) is 26.3. The van der Waals surface area contributed by atoms with Crippen LogP contribution in [0.15, 0.2) is 53.7 Å². The molecule has 5 rings (SSSR count). The van der Waals surface area contributed by atoms with Crippen LogP contribution in [0.4, 0.5) is 24.7 Å². The van der Waals surface area contributed by atoms with Crippen molar-refractivity contribution in [3.63, 3.8) is 0 Å². The highest BCUT2D eigenvalue weighted by atomic mass is 32.2. The molecule has 38 heavy (non-hydrogen) atoms. The van der Waals surface area contributed by atoms with Gasteiger partial charge in [0.05, 0.1) is 5.56 Å². The summed E-state index contributed by atoms with van der Waals surface area (Å²) in [6, 6.07) is 13.5. The van der Waals surface area contributed by atoms with Gasteiger partial charge in [-0.25, -0.2) is 9.97 Å². The van der Waals surface area contributed by atoms with Crippen LogP contribution in [0.3, 0.4) is 0 Å². The molecule has 2 aliphatic rings. The number of piperazine rings is 1. The SMILES string of the molecule is Cc1nc(SCc2ccc(C(=O)NC3CC3)cc2)nc(N2CCN(c3cccc(C(F)(F)F)c3)CC2)c1C. The van der Waals surface area contributed by atoms with Gasteiger partial charge < -0.3 is 15.1 Å². The van der Waals surface area contributed by atoms with E-state index in [0.717, 1.165) is 41.5 Å². The second-order valence-electron chi connectivity index (χ2n) is 9.80. The van der Waals surface area contributed by atoms with Crippen LogP contribution < -0.4 is 15.1 Å². The van der Waals surface area contributed by atoms with Gasteiger partial charge in [-0.1, -0.05) is 30.0 Å². The van der Waals surface area contributed by atoms with Crippen molar-refractivity contribution in [3.05, 3.63) is 76.5 Å². The Kier molecular flexibility index (Phi) is 7.52. The lowest BCUT2D eigenvalue weighted by Crippen LogP contribution is -2.47. The van der Waals surface area contributed by atoms with E-state index in [0.29, 0.717) is 54.4 Å². The molecule has 1 aliphatic heterocycles. The quantitative estimate of drug-likeness (QED) is 0.309. The Hall–Kier alpha value is -3.27. The van der Waals surface area contributed by atoms with Crippen LogP contribution >= 0.6 is 11.8 Å². The highest BCUT2D eigenvalue weighted by Gasteiger charge is 2.31. The van der Waals surface area contributed by atoms with Crippen molar-refractivity contribution < 1.29 is 18.0 Å². The largest absolute Gasteiger partial charge is 0.416 e. The van der Waals surface area contributed by atoms with Crippen molar-refractivity contribution in [2.24, 2.45) is 0 Å². The molecule has 2 fully saturated rings. The first-order valence-corrected chi connectivity index (χ1v) is 13.7. The van der Waals surface area contributed by atoms with Crippen LogP contribution in [0.5, 0.6) is 0 Å². The van der Waals surface area contributed by atoms with E-state index in [1.165, 1.54) is 12.1 Å². The highest BCUT2D eigenvalue weighted by molar-refractivity contribution is 7.98. The van der Waals surface area contributed by atoms with Gasteiger partial charge in [0.2, 0.25) is 0 Å². The number of rotatable bonds is 7. The number of amides is 1. The fraction of sp³-hybridized carbons (Fsp3) is 0.393. The van der Waals surface area contributed by atoms with Gasteiger partial charge in [-0.3, -0.25) is 4.79 Å². The summed E-state index contributed by atoms with van der Waals surface area (Å²) in [5.41, 5.74) is 3.62. The van der Waals surface area contributed by atoms with Crippen LogP contribution in [-0.2, 0) is 11.9 Å². The molecule has 0 spiro atoms. The Bertz CT molecular complexity index is 1300. The van der Waals surface area contributed by atoms with Crippen LogP contribution in [-0.4, -0.2) is 48.1 Å². The lowest BCUT2D eigenvalue weighted by Gasteiger charge is -2.37. The number of aryl methyl sites for hydroxylation is 1. The number of thioether (sulfide) groups is 1. The molecule has 1 amide bonds. The lowest BCUT2D eigenvalue weighted by molar-refractivity contribution is -0.137. The maximum absolute atomic E-state index is 13.1. The van der Waals surface area contributed by atoms with Gasteiger partial charge in [-0.2, -0.15) is 13.2 Å². The molecule has 1 aliphatic carbocycles. The summed E-state index contributed by atoms with van der Waals surface area (Å²) in [6.07, 6.45) is -2.23. The fourth-order valence-electron chi connectivity index (χ4n) is 4.41. The number of carbonyl (C=O) groups is 1. The Labute approximate surface area is 224 Å². The molecule has 6 nitrogen and oxygen atoms in total. The van der Waals surface area contributed by atoms with Gasteiger partial charge in [0, 0.05) is 60.5 Å². The van der Waals surface area contributed by atoms with E-state index in [4.69, 9.17) is 4.98 Å². The van der Waals surface area contributed by atoms with Crippen molar-refractivity contribution in [2.75, 3.05) is 36.0 Å². The van der Waals surface area contributed by atoms with Crippen molar-refractivity contribution in [1.29, 1.82) is 0 Å². The summed E-state index contributed by atoms with van der Waals surface area (Å²) in [6.45, 7) is 6.49. The Morgan fingerprint density at radius 3 is 2.34 bits per heavy atom. The third-order valence-corrected chi connectivity index (χ3v) is 7.88. The zero-order valence-corrected chi connectivity index (χ0v) is 22.2. The van der Waals surface area contributed by atoms with Gasteiger partial charge >= 0.3 is 6.18 Å². The molecule has 1 saturated carbocycles. The van der Waals surface area contributed by atoms with Gasteiger partial charge in [0.25, 0.3) is 5.91 Å². The van der Waals surface area contributed by atoms with Gasteiger partial charge in [0.15, 0.2) is 5.16 Å². The third kappa shape index (κ3) is 6.23. The summed E-state index contributed by atoms with van der Waals surface area (Å²) in [4.78, 5) is 25.9. The molecule has 10 heteroatoms. The van der Waals surface area contributed by atoms with Crippen LogP contribution in [0, 0.1) is 13.8 Å². The molecule has 2 aromatic carbocycles. The second kappa shape index (κ2) is 10.8. The Balaban J connectivity index is 1.21. The zero-order chi connectivity index (χ0) is 26.9. The minimum Gasteiger partial charge on any atom is -0.368 e. The number of alkyl halides is 3. The van der Waals surface area contributed by atoms with Gasteiger partial charge in [-0.05, 0) is 62.6 Å². The minimum atomic E-state index is -4.35. The average molecular weight is 542 g/mol. The van der Waals surface area contributed by atoms with E-state index in [-0.39, 0.29) is 5.91 Å². The van der Waals surface area contributed by atoms with E-state index in [1.54, 1.807) is 17.8 Å². The standard InChI is InChI=1S/C28H30F3N5OS/c1-18-19(2)32-27(38-17-20-6-8-21(9-7-20)26(37)33-23-10-11-23)34-25(18)36-14-12-35(13-15-36)24-5-3-4-22(16-24)28(29,30)31/h3-9,16,23H,10-15,17H2,1-2H3,(H,33,37). The van der Waals surface area contributed by atoms with Crippen molar-refractivity contribution in [1.82, 2.24) is 15.3 Å². The Morgan fingerprint density at radius 1 is 1.00 bits per heavy atom. The number of carbonyl (C=O) groups excluding carboxylic acids is 1. The maximum Gasteiger partial charge on any atom is 0.416 e. The van der Waals surface area contributed by atoms with E-state index >= 15 is 0 Å². The Morgan fingerprint density at radius 2 is 1.68 bits per heavy atom. The second-order valence-corrected chi connectivity index (χ2v) is 10.7. The number of anilines is 2. The van der Waals surface area contributed by atoms with Crippen molar-refractivity contribution in [3.8, 4) is 0 Å². The van der Waals surface area contributed by atoms with E-state index in [9.17, 15) is 18.0 Å². The number of benzene rings is 2. The minimum absolute atomic E-state index is 0.0259. The molecular weight excluding hydrogens is 511 g/mol. The summed E-state index contributed by atoms with van der Waals surface area (Å²) in [7, 11) is 0. The fourth-order valence-corrected chi connectivity index (χ4v) is 5.25. The molecule has 1 aromatic heterocycles. The monoisotopic (exact) mass is 541 g/mol. The van der Waals surface area contributed by atoms with Crippen LogP contribution in [0.2, 0.25) is 0 Å². The van der Waals surface area contributed by atoms with Gasteiger partial charge in [0.1, 0.15) is 5.82 Å². The average Bonchev–Trinajstić information content (AvgIpc) is 3.73. The molecule has 200 valence electrons. The van der Waals surface area contributed by atoms with Crippen molar-refractivity contribution >= 4 is 29.2 Å². The number of hydrogen-bond donors (Lipinski definition) is 1. The zero-order valence-electron chi connectivity index (χ0n) is 21.4. The topological polar surface area (TPSA) is 61.4 Å². The third-order valence-electron chi connectivity index (χ3n) is 6.96. The van der Waals surface area contributed by atoms with Crippen LogP contribution in [0.25, 0.3) is 0 Å². The first-order chi connectivity index (χ1) is 18.2. The molecule has 2 heterocycles. The molecule has 0 atom stereocenters. The first-order valence-electron chi connectivity index (χ1n) is 12.7. The number of nitrogens with zero attached hydrogens (tertiary/aromatic N) is 4. The summed E-state index contributed by atoms with van der Waals surface area (Å²) in [5.74, 6) is 1.52. The summed E-state index contributed by atoms with van der Waals surface area (Å²) < 4.78 is 39.4. The molecular formula is C28H30F3N5OS. The number of hydrogen-bond acceptors (Lipinski definition) is 6. The lowest BCUT2D eigenvalue weighted by atomic mass is 10.1. The highest BCUT2D eigenvalue weighted by Crippen LogP contribution is 2.33. The number of nitrogens with one attached hydrogen (secondary N) is 1. The molecule has 0 bridgehead atoms. The normalized spacial score (nSPS) is 16.0.